The normalized spacial score (nSPS) is 21.5. The van der Waals surface area contributed by atoms with Gasteiger partial charge in [-0.25, -0.2) is 9.97 Å². The van der Waals surface area contributed by atoms with E-state index in [1.807, 2.05) is 4.90 Å². The molecule has 5 aliphatic rings. The van der Waals surface area contributed by atoms with Crippen molar-refractivity contribution in [1.29, 1.82) is 0 Å². The van der Waals surface area contributed by atoms with Crippen molar-refractivity contribution in [1.82, 2.24) is 19.8 Å². The Morgan fingerprint density at radius 1 is 1.02 bits per heavy atom. The number of thioether (sulfide) groups is 1. The van der Waals surface area contributed by atoms with Gasteiger partial charge in [-0.2, -0.15) is 13.2 Å². The van der Waals surface area contributed by atoms with Crippen molar-refractivity contribution in [2.75, 3.05) is 37.4 Å². The highest BCUT2D eigenvalue weighted by molar-refractivity contribution is 7.99. The van der Waals surface area contributed by atoms with Gasteiger partial charge in [-0.05, 0) is 66.8 Å². The highest BCUT2D eigenvalue weighted by atomic mass is 32.2. The van der Waals surface area contributed by atoms with Crippen LogP contribution in [0, 0.1) is 0 Å². The second-order valence-electron chi connectivity index (χ2n) is 11.9. The van der Waals surface area contributed by atoms with Crippen LogP contribution in [-0.2, 0) is 23.9 Å². The van der Waals surface area contributed by atoms with Crippen LogP contribution in [0.2, 0.25) is 0 Å². The molecule has 42 heavy (non-hydrogen) atoms. The maximum absolute atomic E-state index is 14.2. The van der Waals surface area contributed by atoms with Gasteiger partial charge in [0, 0.05) is 48.2 Å². The summed E-state index contributed by atoms with van der Waals surface area (Å²) in [5.41, 5.74) is 3.54. The average molecular weight is 614 g/mol. The minimum atomic E-state index is -4.63. The highest BCUT2D eigenvalue weighted by Gasteiger charge is 2.39. The zero-order chi connectivity index (χ0) is 28.6. The molecule has 12 heteroatoms. The van der Waals surface area contributed by atoms with Gasteiger partial charge in [-0.3, -0.25) is 9.69 Å². The van der Waals surface area contributed by atoms with Crippen molar-refractivity contribution in [2.45, 2.75) is 67.7 Å². The number of anilines is 2. The molecule has 3 aliphatic heterocycles. The number of carbonyl (C=O) groups is 1. The standard InChI is InChI=1S/C30H30F3N5O2S2/c31-30(32,33)22-12-34-29(36-26(22)24-11-25-27(42-24)28(39)38(7-8-41-25)19-3-4-19)35-23-10-17-5-6-37(20-14-40-15-20)13-18(17)9-21(23)16-1-2-16/h9-12,16,19-20H,1-8,13-15H2,(H,34,35,36). The van der Waals surface area contributed by atoms with Gasteiger partial charge in [0.05, 0.1) is 29.8 Å². The number of amides is 1. The van der Waals surface area contributed by atoms with Gasteiger partial charge in [-0.15, -0.1) is 23.1 Å². The summed E-state index contributed by atoms with van der Waals surface area (Å²) < 4.78 is 48.0. The summed E-state index contributed by atoms with van der Waals surface area (Å²) in [6.07, 6.45) is 1.32. The van der Waals surface area contributed by atoms with Gasteiger partial charge < -0.3 is 15.0 Å². The number of halogens is 3. The molecular weight excluding hydrogens is 583 g/mol. The maximum atomic E-state index is 14.2. The summed E-state index contributed by atoms with van der Waals surface area (Å²) in [5, 5.41) is 3.30. The molecule has 3 fully saturated rings. The second kappa shape index (κ2) is 10.2. The lowest BCUT2D eigenvalue weighted by atomic mass is 9.93. The molecule has 0 spiro atoms. The van der Waals surface area contributed by atoms with Gasteiger partial charge in [0.15, 0.2) is 0 Å². The quantitative estimate of drug-likeness (QED) is 0.349. The maximum Gasteiger partial charge on any atom is 0.420 e. The molecule has 5 heterocycles. The van der Waals surface area contributed by atoms with Gasteiger partial charge in [-0.1, -0.05) is 6.07 Å². The van der Waals surface area contributed by atoms with Gasteiger partial charge in [0.25, 0.3) is 5.91 Å². The van der Waals surface area contributed by atoms with Crippen molar-refractivity contribution in [3.05, 3.63) is 51.5 Å². The third kappa shape index (κ3) is 4.99. The Morgan fingerprint density at radius 2 is 1.86 bits per heavy atom. The number of ether oxygens (including phenoxy) is 1. The molecule has 1 amide bonds. The molecule has 7 nitrogen and oxygen atoms in total. The van der Waals surface area contributed by atoms with E-state index in [4.69, 9.17) is 4.74 Å². The molecule has 0 unspecified atom stereocenters. The third-order valence-electron chi connectivity index (χ3n) is 8.87. The predicted octanol–water partition coefficient (Wildman–Crippen LogP) is 6.31. The molecule has 220 valence electrons. The second-order valence-corrected chi connectivity index (χ2v) is 14.0. The number of benzene rings is 1. The van der Waals surface area contributed by atoms with Gasteiger partial charge in [0.2, 0.25) is 5.95 Å². The van der Waals surface area contributed by atoms with E-state index < -0.39 is 11.7 Å². The van der Waals surface area contributed by atoms with E-state index in [1.165, 1.54) is 28.5 Å². The number of fused-ring (bicyclic) bond motifs is 2. The van der Waals surface area contributed by atoms with Gasteiger partial charge in [0.1, 0.15) is 10.4 Å². The van der Waals surface area contributed by atoms with Crippen LogP contribution in [0.1, 0.15) is 63.5 Å². The van der Waals surface area contributed by atoms with E-state index in [2.05, 4.69) is 32.3 Å². The Hall–Kier alpha value is -2.67. The highest BCUT2D eigenvalue weighted by Crippen LogP contribution is 2.47. The Balaban J connectivity index is 1.13. The van der Waals surface area contributed by atoms with Gasteiger partial charge >= 0.3 is 6.18 Å². The molecule has 2 aromatic heterocycles. The first kappa shape index (κ1) is 26.9. The molecule has 0 bridgehead atoms. The molecule has 1 aromatic carbocycles. The Labute approximate surface area is 249 Å². The molecule has 8 rings (SSSR count). The predicted molar refractivity (Wildman–Crippen MR) is 156 cm³/mol. The lowest BCUT2D eigenvalue weighted by Crippen LogP contribution is -2.50. The van der Waals surface area contributed by atoms with Crippen LogP contribution in [0.25, 0.3) is 10.6 Å². The van der Waals surface area contributed by atoms with Crippen LogP contribution in [0.5, 0.6) is 0 Å². The number of alkyl halides is 3. The first-order chi connectivity index (χ1) is 20.3. The fourth-order valence-electron chi connectivity index (χ4n) is 6.16. The van der Waals surface area contributed by atoms with E-state index in [-0.39, 0.29) is 23.6 Å². The lowest BCUT2D eigenvalue weighted by molar-refractivity contribution is -0.137. The number of thiophene rings is 1. The van der Waals surface area contributed by atoms with E-state index in [0.29, 0.717) is 28.3 Å². The molecule has 1 N–H and O–H groups in total. The van der Waals surface area contributed by atoms with Crippen LogP contribution in [0.15, 0.2) is 29.3 Å². The summed E-state index contributed by atoms with van der Waals surface area (Å²) in [7, 11) is 0. The summed E-state index contributed by atoms with van der Waals surface area (Å²) >= 11 is 2.63. The average Bonchev–Trinajstić information content (AvgIpc) is 3.86. The van der Waals surface area contributed by atoms with Crippen molar-refractivity contribution < 1.29 is 22.7 Å². The van der Waals surface area contributed by atoms with E-state index >= 15 is 0 Å². The first-order valence-electron chi connectivity index (χ1n) is 14.6. The van der Waals surface area contributed by atoms with Crippen LogP contribution < -0.4 is 5.32 Å². The molecule has 3 aromatic rings. The zero-order valence-corrected chi connectivity index (χ0v) is 24.5. The molecule has 0 atom stereocenters. The van der Waals surface area contributed by atoms with E-state index in [1.54, 1.807) is 6.07 Å². The lowest BCUT2D eigenvalue weighted by Gasteiger charge is -2.40. The molecule has 2 aliphatic carbocycles. The van der Waals surface area contributed by atoms with Crippen molar-refractivity contribution >= 4 is 40.6 Å². The van der Waals surface area contributed by atoms with Crippen molar-refractivity contribution in [2.24, 2.45) is 0 Å². The van der Waals surface area contributed by atoms with Crippen LogP contribution in [0.4, 0.5) is 24.8 Å². The fraction of sp³-hybridized carbons (Fsp3) is 0.500. The zero-order valence-electron chi connectivity index (χ0n) is 22.9. The van der Waals surface area contributed by atoms with E-state index in [0.717, 1.165) is 92.3 Å². The number of nitrogens with zero attached hydrogens (tertiary/aromatic N) is 4. The monoisotopic (exact) mass is 613 g/mol. The van der Waals surface area contributed by atoms with Crippen LogP contribution in [0.3, 0.4) is 0 Å². The number of hydrogen-bond donors (Lipinski definition) is 1. The largest absolute Gasteiger partial charge is 0.420 e. The van der Waals surface area contributed by atoms with Crippen LogP contribution in [-0.4, -0.2) is 69.8 Å². The SMILES string of the molecule is O=C1c2sc(-c3nc(Nc4cc5c(cc4C4CC4)CN(C4COC4)CC5)ncc3C(F)(F)F)cc2SCCN1C1CC1. The number of rotatable bonds is 6. The number of aromatic nitrogens is 2. The minimum Gasteiger partial charge on any atom is -0.378 e. The number of nitrogens with one attached hydrogen (secondary N) is 1. The first-order valence-corrected chi connectivity index (χ1v) is 16.4. The topological polar surface area (TPSA) is 70.6 Å². The Kier molecular flexibility index (Phi) is 6.54. The number of hydrogen-bond acceptors (Lipinski definition) is 8. The summed E-state index contributed by atoms with van der Waals surface area (Å²) in [5.74, 6) is 1.20. The third-order valence-corrected chi connectivity index (χ3v) is 11.2. The molecular formula is C30H30F3N5O2S2. The van der Waals surface area contributed by atoms with Crippen molar-refractivity contribution in [3.63, 3.8) is 0 Å². The summed E-state index contributed by atoms with van der Waals surface area (Å²) in [6, 6.07) is 6.86. The van der Waals surface area contributed by atoms with Crippen molar-refractivity contribution in [3.8, 4) is 10.6 Å². The fourth-order valence-corrected chi connectivity index (χ4v) is 8.48. The number of carbonyl (C=O) groups excluding carboxylic acids is 1. The van der Waals surface area contributed by atoms with Crippen LogP contribution >= 0.6 is 23.1 Å². The van der Waals surface area contributed by atoms with E-state index in [9.17, 15) is 18.0 Å². The summed E-state index contributed by atoms with van der Waals surface area (Å²) in [6.45, 7) is 4.09. The minimum absolute atomic E-state index is 0.0822. The Bertz CT molecular complexity index is 1560. The molecule has 0 radical (unpaired) electrons. The molecule has 2 saturated carbocycles. The Morgan fingerprint density at radius 3 is 2.57 bits per heavy atom. The smallest absolute Gasteiger partial charge is 0.378 e. The molecule has 1 saturated heterocycles. The summed E-state index contributed by atoms with van der Waals surface area (Å²) in [4.78, 5) is 27.8.